The van der Waals surface area contributed by atoms with Gasteiger partial charge in [-0.05, 0) is 31.9 Å². The van der Waals surface area contributed by atoms with E-state index >= 15 is 0 Å². The Morgan fingerprint density at radius 2 is 2.12 bits per heavy atom. The molecule has 128 valence electrons. The molecule has 24 heavy (non-hydrogen) atoms. The van der Waals surface area contributed by atoms with Crippen molar-refractivity contribution in [1.82, 2.24) is 9.78 Å². The number of aromatic nitrogens is 2. The Morgan fingerprint density at radius 3 is 2.83 bits per heavy atom. The maximum Gasteiger partial charge on any atom is 0.225 e. The fourth-order valence-corrected chi connectivity index (χ4v) is 4.27. The van der Waals surface area contributed by atoms with Crippen molar-refractivity contribution in [2.75, 3.05) is 5.32 Å². The van der Waals surface area contributed by atoms with Crippen LogP contribution >= 0.6 is 0 Å². The Labute approximate surface area is 144 Å². The third-order valence-corrected chi connectivity index (χ3v) is 5.47. The van der Waals surface area contributed by atoms with Crippen molar-refractivity contribution in [3.63, 3.8) is 0 Å². The standard InChI is InChI=1S/C18H23N3O2S/c1-4-5-6-17(22)19-18-14-10-24(23)11-15(14)20-21(18)16-8-7-12(2)9-13(16)3/h7-9H,4-6,10-11H2,1-3H3,(H,19,22)/t24-/m0/s1. The molecule has 0 saturated heterocycles. The smallest absolute Gasteiger partial charge is 0.225 e. The minimum absolute atomic E-state index is 0.0109. The van der Waals surface area contributed by atoms with E-state index < -0.39 is 10.8 Å². The molecule has 1 amide bonds. The van der Waals surface area contributed by atoms with Crippen molar-refractivity contribution in [2.45, 2.75) is 51.5 Å². The highest BCUT2D eigenvalue weighted by Crippen LogP contribution is 2.32. The van der Waals surface area contributed by atoms with Gasteiger partial charge < -0.3 is 5.32 Å². The summed E-state index contributed by atoms with van der Waals surface area (Å²) >= 11 is 0. The Hall–Kier alpha value is -1.95. The first-order valence-corrected chi connectivity index (χ1v) is 9.81. The molecule has 2 aromatic rings. The van der Waals surface area contributed by atoms with Crippen LogP contribution < -0.4 is 5.32 Å². The number of anilines is 1. The summed E-state index contributed by atoms with van der Waals surface area (Å²) in [6.45, 7) is 6.15. The fourth-order valence-electron chi connectivity index (χ4n) is 3.01. The summed E-state index contributed by atoms with van der Waals surface area (Å²) < 4.78 is 13.7. The first-order valence-electron chi connectivity index (χ1n) is 8.32. The zero-order valence-electron chi connectivity index (χ0n) is 14.4. The van der Waals surface area contributed by atoms with Gasteiger partial charge in [0.15, 0.2) is 0 Å². The summed E-state index contributed by atoms with van der Waals surface area (Å²) in [5, 5.41) is 7.66. The second-order valence-electron chi connectivity index (χ2n) is 6.36. The van der Waals surface area contributed by atoms with E-state index in [1.807, 2.05) is 19.1 Å². The van der Waals surface area contributed by atoms with E-state index in [1.165, 1.54) is 5.56 Å². The number of carbonyl (C=O) groups excluding carboxylic acids is 1. The van der Waals surface area contributed by atoms with E-state index in [4.69, 9.17) is 0 Å². The Bertz CT molecular complexity index is 811. The molecule has 0 unspecified atom stereocenters. The van der Waals surface area contributed by atoms with Gasteiger partial charge in [0, 0.05) is 22.8 Å². The first kappa shape index (κ1) is 16.9. The van der Waals surface area contributed by atoms with Gasteiger partial charge in [0.25, 0.3) is 0 Å². The fraction of sp³-hybridized carbons (Fsp3) is 0.444. The average Bonchev–Trinajstić information content (AvgIpc) is 3.03. The van der Waals surface area contributed by atoms with Crippen LogP contribution in [-0.4, -0.2) is 19.9 Å². The van der Waals surface area contributed by atoms with Crippen molar-refractivity contribution in [2.24, 2.45) is 0 Å². The van der Waals surface area contributed by atoms with Gasteiger partial charge in [0.05, 0.1) is 22.9 Å². The van der Waals surface area contributed by atoms with Gasteiger partial charge >= 0.3 is 0 Å². The SMILES string of the molecule is CCCCC(=O)Nc1c2c(nn1-c1ccc(C)cc1C)C[S@@](=O)C2. The molecular weight excluding hydrogens is 322 g/mol. The van der Waals surface area contributed by atoms with E-state index in [9.17, 15) is 9.00 Å². The molecule has 2 heterocycles. The number of amides is 1. The summed E-state index contributed by atoms with van der Waals surface area (Å²) in [6, 6.07) is 6.16. The second kappa shape index (κ2) is 6.89. The minimum atomic E-state index is -0.919. The molecular formula is C18H23N3O2S. The van der Waals surface area contributed by atoms with E-state index in [1.54, 1.807) is 4.68 Å². The highest BCUT2D eigenvalue weighted by molar-refractivity contribution is 7.83. The molecule has 1 aromatic heterocycles. The molecule has 1 aliphatic heterocycles. The zero-order valence-corrected chi connectivity index (χ0v) is 15.2. The highest BCUT2D eigenvalue weighted by atomic mass is 32.2. The van der Waals surface area contributed by atoms with Crippen LogP contribution in [0.1, 0.15) is 48.6 Å². The van der Waals surface area contributed by atoms with E-state index in [-0.39, 0.29) is 5.91 Å². The van der Waals surface area contributed by atoms with Crippen LogP contribution in [0.3, 0.4) is 0 Å². The molecule has 1 N–H and O–H groups in total. The lowest BCUT2D eigenvalue weighted by molar-refractivity contribution is -0.116. The molecule has 6 heteroatoms. The lowest BCUT2D eigenvalue weighted by Gasteiger charge is -2.13. The topological polar surface area (TPSA) is 64.0 Å². The summed E-state index contributed by atoms with van der Waals surface area (Å²) in [6.07, 6.45) is 2.33. The number of nitrogens with one attached hydrogen (secondary N) is 1. The van der Waals surface area contributed by atoms with Gasteiger partial charge in [-0.25, -0.2) is 4.68 Å². The number of carbonyl (C=O) groups is 1. The Kier molecular flexibility index (Phi) is 4.85. The summed E-state index contributed by atoms with van der Waals surface area (Å²) in [4.78, 5) is 12.2. The number of aryl methyl sites for hydroxylation is 2. The quantitative estimate of drug-likeness (QED) is 0.903. The van der Waals surface area contributed by atoms with Crippen molar-refractivity contribution in [3.05, 3.63) is 40.6 Å². The van der Waals surface area contributed by atoms with Crippen LogP contribution in [0.2, 0.25) is 0 Å². The van der Waals surface area contributed by atoms with Gasteiger partial charge in [0.1, 0.15) is 5.82 Å². The van der Waals surface area contributed by atoms with Gasteiger partial charge in [-0.3, -0.25) is 9.00 Å². The molecule has 1 atom stereocenters. The molecule has 0 fully saturated rings. The van der Waals surface area contributed by atoms with Gasteiger partial charge in [-0.2, -0.15) is 5.10 Å². The maximum atomic E-state index is 12.2. The lowest BCUT2D eigenvalue weighted by Crippen LogP contribution is -2.16. The lowest BCUT2D eigenvalue weighted by atomic mass is 10.1. The number of hydrogen-bond acceptors (Lipinski definition) is 3. The molecule has 0 bridgehead atoms. The van der Waals surface area contributed by atoms with E-state index in [2.05, 4.69) is 30.3 Å². The number of benzene rings is 1. The van der Waals surface area contributed by atoms with E-state index in [0.29, 0.717) is 23.7 Å². The molecule has 3 rings (SSSR count). The number of unbranched alkanes of at least 4 members (excludes halogenated alkanes) is 1. The number of nitrogens with zero attached hydrogens (tertiary/aromatic N) is 2. The maximum absolute atomic E-state index is 12.2. The molecule has 1 aliphatic rings. The van der Waals surface area contributed by atoms with Crippen molar-refractivity contribution >= 4 is 22.5 Å². The van der Waals surface area contributed by atoms with Crippen molar-refractivity contribution in [1.29, 1.82) is 0 Å². The van der Waals surface area contributed by atoms with Crippen LogP contribution in [0.4, 0.5) is 5.82 Å². The first-order chi connectivity index (χ1) is 11.5. The van der Waals surface area contributed by atoms with Crippen molar-refractivity contribution in [3.8, 4) is 5.69 Å². The molecule has 0 aliphatic carbocycles. The monoisotopic (exact) mass is 345 g/mol. The van der Waals surface area contributed by atoms with Crippen LogP contribution in [0.15, 0.2) is 18.2 Å². The normalized spacial score (nSPS) is 16.2. The zero-order chi connectivity index (χ0) is 17.3. The predicted octanol–water partition coefficient (Wildman–Crippen LogP) is 3.38. The molecule has 0 saturated carbocycles. The summed E-state index contributed by atoms with van der Waals surface area (Å²) in [5.41, 5.74) is 4.98. The summed E-state index contributed by atoms with van der Waals surface area (Å²) in [7, 11) is -0.919. The van der Waals surface area contributed by atoms with Gasteiger partial charge in [-0.15, -0.1) is 0 Å². The number of fused-ring (bicyclic) bond motifs is 1. The third kappa shape index (κ3) is 3.29. The van der Waals surface area contributed by atoms with E-state index in [0.717, 1.165) is 35.3 Å². The van der Waals surface area contributed by atoms with Crippen LogP contribution in [0.5, 0.6) is 0 Å². The van der Waals surface area contributed by atoms with Gasteiger partial charge in [-0.1, -0.05) is 31.0 Å². The van der Waals surface area contributed by atoms with Crippen LogP contribution in [-0.2, 0) is 27.1 Å². The van der Waals surface area contributed by atoms with Crippen molar-refractivity contribution < 1.29 is 9.00 Å². The average molecular weight is 345 g/mol. The molecule has 0 radical (unpaired) electrons. The molecule has 1 aromatic carbocycles. The third-order valence-electron chi connectivity index (χ3n) is 4.27. The summed E-state index contributed by atoms with van der Waals surface area (Å²) in [5.74, 6) is 1.60. The Balaban J connectivity index is 2.01. The van der Waals surface area contributed by atoms with Crippen LogP contribution in [0.25, 0.3) is 5.69 Å². The number of rotatable bonds is 5. The largest absolute Gasteiger partial charge is 0.310 e. The highest BCUT2D eigenvalue weighted by Gasteiger charge is 2.28. The number of hydrogen-bond donors (Lipinski definition) is 1. The molecule has 5 nitrogen and oxygen atoms in total. The predicted molar refractivity (Wildman–Crippen MR) is 96.7 cm³/mol. The second-order valence-corrected chi connectivity index (χ2v) is 7.81. The Morgan fingerprint density at radius 1 is 1.33 bits per heavy atom. The van der Waals surface area contributed by atoms with Gasteiger partial charge in [0.2, 0.25) is 5.91 Å². The minimum Gasteiger partial charge on any atom is -0.310 e. The molecule has 0 spiro atoms. The van der Waals surface area contributed by atoms with Crippen LogP contribution in [0, 0.1) is 13.8 Å².